The van der Waals surface area contributed by atoms with Gasteiger partial charge < -0.3 is 9.84 Å². The molecule has 1 aromatic carbocycles. The third-order valence-electron chi connectivity index (χ3n) is 3.87. The van der Waals surface area contributed by atoms with E-state index in [1.54, 1.807) is 0 Å². The van der Waals surface area contributed by atoms with Crippen molar-refractivity contribution in [3.05, 3.63) is 29.3 Å². The van der Waals surface area contributed by atoms with Gasteiger partial charge in [0.05, 0.1) is 6.61 Å². The molecule has 106 valence electrons. The average molecular weight is 270 g/mol. The Morgan fingerprint density at radius 2 is 1.84 bits per heavy atom. The Hall–Kier alpha value is -1.16. The zero-order valence-corrected chi connectivity index (χ0v) is 11.2. The highest BCUT2D eigenvalue weighted by Crippen LogP contribution is 2.33. The second-order valence-corrected chi connectivity index (χ2v) is 5.16. The number of rotatable bonds is 4. The molecule has 1 aliphatic rings. The minimum absolute atomic E-state index is 0.109. The molecule has 2 rings (SSSR count). The van der Waals surface area contributed by atoms with Crippen LogP contribution in [0, 0.1) is 17.6 Å². The van der Waals surface area contributed by atoms with E-state index in [4.69, 9.17) is 9.84 Å². The van der Waals surface area contributed by atoms with Crippen molar-refractivity contribution in [3.8, 4) is 5.75 Å². The van der Waals surface area contributed by atoms with Gasteiger partial charge in [0.25, 0.3) is 0 Å². The average Bonchev–Trinajstić information content (AvgIpc) is 2.43. The van der Waals surface area contributed by atoms with Crippen LogP contribution >= 0.6 is 0 Å². The van der Waals surface area contributed by atoms with Crippen LogP contribution in [0.25, 0.3) is 0 Å². The van der Waals surface area contributed by atoms with Gasteiger partial charge in [0.15, 0.2) is 17.4 Å². The summed E-state index contributed by atoms with van der Waals surface area (Å²) in [4.78, 5) is 0. The zero-order valence-electron chi connectivity index (χ0n) is 11.2. The van der Waals surface area contributed by atoms with E-state index in [0.717, 1.165) is 44.2 Å². The molecule has 4 heteroatoms. The van der Waals surface area contributed by atoms with Crippen molar-refractivity contribution in [1.82, 2.24) is 0 Å². The number of hydrogen-bond donors (Lipinski definition) is 1. The molecule has 1 fully saturated rings. The molecule has 0 aromatic heterocycles. The number of aliphatic hydroxyl groups is 1. The number of ether oxygens (including phenoxy) is 1. The summed E-state index contributed by atoms with van der Waals surface area (Å²) in [6, 6.07) is 2.25. The summed E-state index contributed by atoms with van der Waals surface area (Å²) in [5.74, 6) is -1.40. The Kier molecular flexibility index (Phi) is 4.75. The first kappa shape index (κ1) is 14.3. The Labute approximate surface area is 112 Å². The van der Waals surface area contributed by atoms with E-state index in [0.29, 0.717) is 5.92 Å². The number of hydrogen-bond acceptors (Lipinski definition) is 2. The molecule has 1 aromatic rings. The summed E-state index contributed by atoms with van der Waals surface area (Å²) in [6.07, 6.45) is 4.95. The topological polar surface area (TPSA) is 29.5 Å². The van der Waals surface area contributed by atoms with Crippen molar-refractivity contribution < 1.29 is 18.6 Å². The van der Waals surface area contributed by atoms with E-state index in [1.807, 2.05) is 0 Å². The second-order valence-electron chi connectivity index (χ2n) is 5.16. The first-order valence-corrected chi connectivity index (χ1v) is 6.91. The first-order chi connectivity index (χ1) is 9.15. The lowest BCUT2D eigenvalue weighted by Gasteiger charge is -2.31. The van der Waals surface area contributed by atoms with E-state index in [2.05, 4.69) is 6.92 Å². The molecule has 2 atom stereocenters. The molecule has 0 heterocycles. The molecule has 0 bridgehead atoms. The third-order valence-corrected chi connectivity index (χ3v) is 3.87. The molecule has 1 N–H and O–H groups in total. The number of halogens is 2. The maximum Gasteiger partial charge on any atom is 0.191 e. The lowest BCUT2D eigenvalue weighted by atomic mass is 9.85. The van der Waals surface area contributed by atoms with E-state index in [1.165, 1.54) is 0 Å². The van der Waals surface area contributed by atoms with Crippen molar-refractivity contribution in [1.29, 1.82) is 0 Å². The van der Waals surface area contributed by atoms with Crippen molar-refractivity contribution in [2.75, 3.05) is 0 Å². The Bertz CT molecular complexity index is 411. The smallest absolute Gasteiger partial charge is 0.191 e. The van der Waals surface area contributed by atoms with Crippen LogP contribution in [0.2, 0.25) is 0 Å². The van der Waals surface area contributed by atoms with Crippen molar-refractivity contribution >= 4 is 0 Å². The van der Waals surface area contributed by atoms with Crippen molar-refractivity contribution in [2.45, 2.75) is 51.7 Å². The molecular formula is C15H20F2O2. The number of benzene rings is 1. The normalized spacial score (nSPS) is 23.4. The number of aliphatic hydroxyl groups excluding tert-OH is 1. The zero-order chi connectivity index (χ0) is 13.8. The van der Waals surface area contributed by atoms with Gasteiger partial charge in [0, 0.05) is 0 Å². The molecular weight excluding hydrogens is 250 g/mol. The third kappa shape index (κ3) is 3.24. The lowest BCUT2D eigenvalue weighted by Crippen LogP contribution is -2.30. The fraction of sp³-hybridized carbons (Fsp3) is 0.600. The SMILES string of the molecule is CCC1CCCCC1Oc1c(F)cc(CO)cc1F. The van der Waals surface area contributed by atoms with Gasteiger partial charge in [0.2, 0.25) is 0 Å². The van der Waals surface area contributed by atoms with Gasteiger partial charge >= 0.3 is 0 Å². The van der Waals surface area contributed by atoms with Gasteiger partial charge in [-0.05, 0) is 49.3 Å². The minimum Gasteiger partial charge on any atom is -0.484 e. The molecule has 19 heavy (non-hydrogen) atoms. The fourth-order valence-corrected chi connectivity index (χ4v) is 2.76. The van der Waals surface area contributed by atoms with Crippen LogP contribution in [0.15, 0.2) is 12.1 Å². The first-order valence-electron chi connectivity index (χ1n) is 6.91. The van der Waals surface area contributed by atoms with E-state index >= 15 is 0 Å². The molecule has 1 aliphatic carbocycles. The van der Waals surface area contributed by atoms with Gasteiger partial charge in [0.1, 0.15) is 6.10 Å². The van der Waals surface area contributed by atoms with Crippen LogP contribution in [-0.4, -0.2) is 11.2 Å². The quantitative estimate of drug-likeness (QED) is 0.901. The summed E-state index contributed by atoms with van der Waals surface area (Å²) in [5, 5.41) is 8.90. The van der Waals surface area contributed by atoms with Gasteiger partial charge in [-0.2, -0.15) is 0 Å². The summed E-state index contributed by atoms with van der Waals surface area (Å²) in [5.41, 5.74) is 0.220. The monoisotopic (exact) mass is 270 g/mol. The standard InChI is InChI=1S/C15H20F2O2/c1-2-11-5-3-4-6-14(11)19-15-12(16)7-10(9-18)8-13(15)17/h7-8,11,14,18H,2-6,9H2,1H3. The molecule has 2 nitrogen and oxygen atoms in total. The summed E-state index contributed by atoms with van der Waals surface area (Å²) >= 11 is 0. The fourth-order valence-electron chi connectivity index (χ4n) is 2.76. The van der Waals surface area contributed by atoms with Crippen molar-refractivity contribution in [2.24, 2.45) is 5.92 Å². The molecule has 0 spiro atoms. The lowest BCUT2D eigenvalue weighted by molar-refractivity contribution is 0.0818. The molecule has 0 saturated heterocycles. The molecule has 2 unspecified atom stereocenters. The van der Waals surface area contributed by atoms with E-state index < -0.39 is 11.6 Å². The highest BCUT2D eigenvalue weighted by Gasteiger charge is 2.27. The van der Waals surface area contributed by atoms with Gasteiger partial charge in [-0.1, -0.05) is 13.3 Å². The Morgan fingerprint density at radius 1 is 1.21 bits per heavy atom. The molecule has 0 radical (unpaired) electrons. The highest BCUT2D eigenvalue weighted by atomic mass is 19.1. The Balaban J connectivity index is 2.18. The molecule has 1 saturated carbocycles. The predicted octanol–water partition coefficient (Wildman–Crippen LogP) is 3.80. The van der Waals surface area contributed by atoms with Crippen LogP contribution in [0.3, 0.4) is 0 Å². The second kappa shape index (κ2) is 6.33. The van der Waals surface area contributed by atoms with Crippen LogP contribution in [0.1, 0.15) is 44.6 Å². The van der Waals surface area contributed by atoms with Crippen LogP contribution in [0.5, 0.6) is 5.75 Å². The van der Waals surface area contributed by atoms with E-state index in [-0.39, 0.29) is 24.0 Å². The summed E-state index contributed by atoms with van der Waals surface area (Å²) in [7, 11) is 0. The van der Waals surface area contributed by atoms with Gasteiger partial charge in [-0.15, -0.1) is 0 Å². The summed E-state index contributed by atoms with van der Waals surface area (Å²) < 4.78 is 33.2. The molecule has 0 aliphatic heterocycles. The van der Waals surface area contributed by atoms with Gasteiger partial charge in [-0.25, -0.2) is 8.78 Å². The van der Waals surface area contributed by atoms with Crippen LogP contribution < -0.4 is 4.74 Å². The van der Waals surface area contributed by atoms with Crippen LogP contribution in [0.4, 0.5) is 8.78 Å². The largest absolute Gasteiger partial charge is 0.484 e. The Morgan fingerprint density at radius 3 is 2.42 bits per heavy atom. The van der Waals surface area contributed by atoms with E-state index in [9.17, 15) is 8.78 Å². The summed E-state index contributed by atoms with van der Waals surface area (Å²) in [6.45, 7) is 1.70. The minimum atomic E-state index is -0.732. The highest BCUT2D eigenvalue weighted by molar-refractivity contribution is 5.31. The maximum atomic E-state index is 13.8. The molecule has 0 amide bonds. The van der Waals surface area contributed by atoms with Gasteiger partial charge in [-0.3, -0.25) is 0 Å². The van der Waals surface area contributed by atoms with Crippen molar-refractivity contribution in [3.63, 3.8) is 0 Å². The maximum absolute atomic E-state index is 13.8. The van der Waals surface area contributed by atoms with Crippen LogP contribution in [-0.2, 0) is 6.61 Å². The predicted molar refractivity (Wildman–Crippen MR) is 68.9 cm³/mol.